The SMILES string of the molecule is CC(=O)[O-].Cc1cn(C)[n+](C)c1. The molecule has 1 aromatic heterocycles. The van der Waals surface area contributed by atoms with Gasteiger partial charge in [-0.1, -0.05) is 0 Å². The summed E-state index contributed by atoms with van der Waals surface area (Å²) in [4.78, 5) is 8.89. The molecule has 0 fully saturated rings. The van der Waals surface area contributed by atoms with Gasteiger partial charge in [-0.05, 0) is 13.8 Å². The highest BCUT2D eigenvalue weighted by Crippen LogP contribution is 1.86. The first-order valence-corrected chi connectivity index (χ1v) is 3.60. The molecule has 0 unspecified atom stereocenters. The second-order valence-corrected chi connectivity index (χ2v) is 2.64. The summed E-state index contributed by atoms with van der Waals surface area (Å²) in [6, 6.07) is 0. The highest BCUT2D eigenvalue weighted by molar-refractivity contribution is 5.60. The minimum atomic E-state index is -1.08. The third-order valence-corrected chi connectivity index (χ3v) is 1.28. The molecular weight excluding hydrogens is 156 g/mol. The summed E-state index contributed by atoms with van der Waals surface area (Å²) < 4.78 is 4.07. The maximum atomic E-state index is 8.89. The molecule has 0 N–H and O–H groups in total. The lowest BCUT2D eigenvalue weighted by Crippen LogP contribution is -2.35. The molecule has 1 heterocycles. The Morgan fingerprint density at radius 3 is 2.17 bits per heavy atom. The lowest BCUT2D eigenvalue weighted by Gasteiger charge is -1.82. The van der Waals surface area contributed by atoms with Crippen molar-refractivity contribution in [3.8, 4) is 0 Å². The van der Waals surface area contributed by atoms with Gasteiger partial charge in [-0.25, -0.2) is 0 Å². The van der Waals surface area contributed by atoms with Crippen molar-refractivity contribution in [2.45, 2.75) is 13.8 Å². The minimum Gasteiger partial charge on any atom is -0.550 e. The van der Waals surface area contributed by atoms with Crippen LogP contribution in [0.3, 0.4) is 0 Å². The maximum Gasteiger partial charge on any atom is 0.198 e. The van der Waals surface area contributed by atoms with E-state index in [4.69, 9.17) is 9.90 Å². The van der Waals surface area contributed by atoms with Crippen LogP contribution in [0.15, 0.2) is 12.4 Å². The Balaban J connectivity index is 0.000000261. The van der Waals surface area contributed by atoms with E-state index in [1.165, 1.54) is 5.56 Å². The van der Waals surface area contributed by atoms with E-state index in [1.807, 2.05) is 23.5 Å². The van der Waals surface area contributed by atoms with Crippen molar-refractivity contribution in [1.29, 1.82) is 0 Å². The zero-order valence-electron chi connectivity index (χ0n) is 7.87. The largest absolute Gasteiger partial charge is 0.550 e. The van der Waals surface area contributed by atoms with Crippen molar-refractivity contribution < 1.29 is 14.6 Å². The molecule has 0 atom stereocenters. The van der Waals surface area contributed by atoms with E-state index >= 15 is 0 Å². The van der Waals surface area contributed by atoms with Crippen LogP contribution in [0.25, 0.3) is 0 Å². The van der Waals surface area contributed by atoms with Crippen LogP contribution in [0.5, 0.6) is 0 Å². The summed E-state index contributed by atoms with van der Waals surface area (Å²) in [5, 5.41) is 8.89. The topological polar surface area (TPSA) is 48.9 Å². The molecule has 0 aliphatic carbocycles. The van der Waals surface area contributed by atoms with E-state index in [9.17, 15) is 0 Å². The standard InChI is InChI=1S/C6H11N2.C2H4O2/c1-6-4-7(2)8(3)5-6;1-2(3)4/h4-5H,1-3H3;1H3,(H,3,4)/q+1;/p-1. The van der Waals surface area contributed by atoms with Crippen LogP contribution in [-0.2, 0) is 18.9 Å². The number of carboxylic acids is 1. The molecule has 0 bridgehead atoms. The molecule has 4 heteroatoms. The zero-order valence-corrected chi connectivity index (χ0v) is 7.87. The smallest absolute Gasteiger partial charge is 0.198 e. The van der Waals surface area contributed by atoms with Gasteiger partial charge in [-0.2, -0.15) is 4.68 Å². The molecule has 12 heavy (non-hydrogen) atoms. The van der Waals surface area contributed by atoms with Gasteiger partial charge in [-0.3, -0.25) is 0 Å². The molecule has 1 aromatic rings. The second kappa shape index (κ2) is 4.54. The van der Waals surface area contributed by atoms with E-state index in [2.05, 4.69) is 19.3 Å². The molecule has 0 saturated carbocycles. The van der Waals surface area contributed by atoms with Gasteiger partial charge in [0.15, 0.2) is 13.2 Å². The molecular formula is C8H14N2O2. The van der Waals surface area contributed by atoms with Gasteiger partial charge in [-0.15, -0.1) is 4.68 Å². The van der Waals surface area contributed by atoms with Gasteiger partial charge >= 0.3 is 0 Å². The molecule has 4 nitrogen and oxygen atoms in total. The monoisotopic (exact) mass is 170 g/mol. The van der Waals surface area contributed by atoms with Crippen LogP contribution in [-0.4, -0.2) is 10.7 Å². The first kappa shape index (κ1) is 10.7. The molecule has 0 aromatic carbocycles. The van der Waals surface area contributed by atoms with E-state index in [-0.39, 0.29) is 0 Å². The first-order valence-electron chi connectivity index (χ1n) is 3.60. The molecule has 0 aliphatic heterocycles. The summed E-state index contributed by atoms with van der Waals surface area (Å²) in [5.41, 5.74) is 1.30. The van der Waals surface area contributed by atoms with Gasteiger partial charge in [0, 0.05) is 11.5 Å². The van der Waals surface area contributed by atoms with Crippen molar-refractivity contribution in [3.63, 3.8) is 0 Å². The number of aliphatic carboxylic acids is 1. The number of carbonyl (C=O) groups excluding carboxylic acids is 1. The van der Waals surface area contributed by atoms with E-state index in [0.29, 0.717) is 0 Å². The van der Waals surface area contributed by atoms with Crippen molar-refractivity contribution in [2.24, 2.45) is 14.1 Å². The number of hydrogen-bond donors (Lipinski definition) is 0. The summed E-state index contributed by atoms with van der Waals surface area (Å²) in [7, 11) is 4.04. The van der Waals surface area contributed by atoms with Crippen LogP contribution in [0.4, 0.5) is 0 Å². The van der Waals surface area contributed by atoms with E-state index in [1.54, 1.807) is 0 Å². The Labute approximate surface area is 72.0 Å². The van der Waals surface area contributed by atoms with Gasteiger partial charge in [0.1, 0.15) is 0 Å². The third kappa shape index (κ3) is 4.49. The molecule has 0 spiro atoms. The van der Waals surface area contributed by atoms with Gasteiger partial charge in [0.25, 0.3) is 0 Å². The minimum absolute atomic E-state index is 0.972. The molecule has 0 saturated heterocycles. The number of nitrogens with zero attached hydrogens (tertiary/aromatic N) is 2. The quantitative estimate of drug-likeness (QED) is 0.465. The van der Waals surface area contributed by atoms with Crippen LogP contribution in [0, 0.1) is 6.92 Å². The van der Waals surface area contributed by atoms with Gasteiger partial charge in [0.05, 0.1) is 13.2 Å². The highest BCUT2D eigenvalue weighted by atomic mass is 16.4. The number of hydrogen-bond acceptors (Lipinski definition) is 2. The summed E-state index contributed by atoms with van der Waals surface area (Å²) >= 11 is 0. The van der Waals surface area contributed by atoms with Crippen molar-refractivity contribution in [3.05, 3.63) is 18.0 Å². The average molecular weight is 170 g/mol. The van der Waals surface area contributed by atoms with Crippen molar-refractivity contribution in [1.82, 2.24) is 4.68 Å². The molecule has 68 valence electrons. The van der Waals surface area contributed by atoms with Crippen LogP contribution < -0.4 is 9.79 Å². The van der Waals surface area contributed by atoms with Crippen LogP contribution in [0.2, 0.25) is 0 Å². The predicted molar refractivity (Wildman–Crippen MR) is 42.0 cm³/mol. The first-order chi connectivity index (χ1) is 5.43. The van der Waals surface area contributed by atoms with Gasteiger partial charge < -0.3 is 9.90 Å². The third-order valence-electron chi connectivity index (χ3n) is 1.28. The van der Waals surface area contributed by atoms with Crippen molar-refractivity contribution >= 4 is 5.97 Å². The second-order valence-electron chi connectivity index (χ2n) is 2.64. The predicted octanol–water partition coefficient (Wildman–Crippen LogP) is -1.09. The number of carbonyl (C=O) groups is 1. The summed E-state index contributed by atoms with van der Waals surface area (Å²) in [5.74, 6) is -1.08. The lowest BCUT2D eigenvalue weighted by atomic mass is 10.4. The Bertz CT molecular complexity index is 243. The van der Waals surface area contributed by atoms with Crippen LogP contribution >= 0.6 is 0 Å². The fraction of sp³-hybridized carbons (Fsp3) is 0.500. The molecule has 1 rings (SSSR count). The van der Waals surface area contributed by atoms with Crippen molar-refractivity contribution in [2.75, 3.05) is 0 Å². The lowest BCUT2D eigenvalue weighted by molar-refractivity contribution is -0.751. The van der Waals surface area contributed by atoms with Crippen LogP contribution in [0.1, 0.15) is 12.5 Å². The van der Waals surface area contributed by atoms with Gasteiger partial charge in [0.2, 0.25) is 0 Å². The number of aryl methyl sites for hydroxylation is 3. The number of rotatable bonds is 0. The Morgan fingerprint density at radius 1 is 1.67 bits per heavy atom. The number of aromatic nitrogens is 2. The molecule has 0 radical (unpaired) electrons. The summed E-state index contributed by atoms with van der Waals surface area (Å²) in [6.45, 7) is 3.06. The van der Waals surface area contributed by atoms with E-state index < -0.39 is 5.97 Å². The Morgan fingerprint density at radius 2 is 2.08 bits per heavy atom. The number of carboxylic acid groups (broad SMARTS) is 1. The van der Waals surface area contributed by atoms with E-state index in [0.717, 1.165) is 6.92 Å². The Hall–Kier alpha value is -1.32. The Kier molecular flexibility index (Phi) is 4.04. The zero-order chi connectivity index (χ0) is 9.72. The normalized spacial score (nSPS) is 8.67. The molecule has 0 aliphatic rings. The fourth-order valence-corrected chi connectivity index (χ4v) is 0.805. The highest BCUT2D eigenvalue weighted by Gasteiger charge is 1.97. The summed E-state index contributed by atoms with van der Waals surface area (Å²) in [6.07, 6.45) is 4.17. The fourth-order valence-electron chi connectivity index (χ4n) is 0.805. The maximum absolute atomic E-state index is 8.89. The molecule has 0 amide bonds. The average Bonchev–Trinajstić information content (AvgIpc) is 2.08.